The number of H-pyrrole nitrogens is 1. The first-order chi connectivity index (χ1) is 13.3. The van der Waals surface area contributed by atoms with Crippen molar-refractivity contribution in [3.8, 4) is 11.1 Å². The Balaban J connectivity index is 1.92. The minimum atomic E-state index is -3.91. The summed E-state index contributed by atoms with van der Waals surface area (Å²) in [7, 11) is -2.24. The highest BCUT2D eigenvalue weighted by atomic mass is 32.2. The minimum Gasteiger partial charge on any atom is -0.367 e. The Morgan fingerprint density at radius 2 is 2.00 bits per heavy atom. The van der Waals surface area contributed by atoms with Crippen molar-refractivity contribution in [3.05, 3.63) is 41.1 Å². The van der Waals surface area contributed by atoms with Crippen molar-refractivity contribution < 1.29 is 8.42 Å². The summed E-state index contributed by atoms with van der Waals surface area (Å²) in [6, 6.07) is 3.62. The van der Waals surface area contributed by atoms with Crippen LogP contribution in [0.4, 0.5) is 5.82 Å². The van der Waals surface area contributed by atoms with E-state index >= 15 is 0 Å². The maximum Gasteiger partial charge on any atom is 0.274 e. The number of nitrogens with two attached hydrogens (primary N) is 1. The Morgan fingerprint density at radius 3 is 2.71 bits per heavy atom. The lowest BCUT2D eigenvalue weighted by Crippen LogP contribution is -2.24. The first kappa shape index (κ1) is 18.7. The SMILES string of the molecule is Cn1cc(-c2cc(S(N)(=O)=O)cnc2NC2CCCCC2)c2cc[nH]c2c1=O. The van der Waals surface area contributed by atoms with E-state index in [-0.39, 0.29) is 16.5 Å². The maximum absolute atomic E-state index is 12.4. The topological polar surface area (TPSA) is 123 Å². The zero-order valence-electron chi connectivity index (χ0n) is 15.6. The molecular formula is C19H23N5O3S. The van der Waals surface area contributed by atoms with E-state index in [9.17, 15) is 13.2 Å². The number of fused-ring (bicyclic) bond motifs is 1. The summed E-state index contributed by atoms with van der Waals surface area (Å²) in [4.78, 5) is 19.7. The molecule has 28 heavy (non-hydrogen) atoms. The molecule has 0 spiro atoms. The number of nitrogens with one attached hydrogen (secondary N) is 2. The summed E-state index contributed by atoms with van der Waals surface area (Å²) in [6.45, 7) is 0. The number of hydrogen-bond donors (Lipinski definition) is 3. The summed E-state index contributed by atoms with van der Waals surface area (Å²) in [5.41, 5.74) is 1.64. The molecule has 1 fully saturated rings. The van der Waals surface area contributed by atoms with E-state index in [4.69, 9.17) is 5.14 Å². The van der Waals surface area contributed by atoms with Gasteiger partial charge in [-0.1, -0.05) is 19.3 Å². The van der Waals surface area contributed by atoms with Crippen LogP contribution in [0, 0.1) is 0 Å². The Labute approximate surface area is 162 Å². The molecule has 0 saturated heterocycles. The molecule has 3 heterocycles. The lowest BCUT2D eigenvalue weighted by atomic mass is 9.95. The summed E-state index contributed by atoms with van der Waals surface area (Å²) >= 11 is 0. The zero-order valence-corrected chi connectivity index (χ0v) is 16.4. The Kier molecular flexibility index (Phi) is 4.72. The molecular weight excluding hydrogens is 378 g/mol. The van der Waals surface area contributed by atoms with Crippen LogP contribution in [0.25, 0.3) is 22.0 Å². The monoisotopic (exact) mass is 401 g/mol. The number of aromatic amines is 1. The van der Waals surface area contributed by atoms with Gasteiger partial charge in [-0.25, -0.2) is 18.5 Å². The molecule has 0 aromatic carbocycles. The number of rotatable bonds is 4. The Hall–Kier alpha value is -2.65. The third-order valence-corrected chi connectivity index (χ3v) is 6.20. The molecule has 8 nitrogen and oxygen atoms in total. The fourth-order valence-corrected chi connectivity index (χ4v) is 4.33. The number of anilines is 1. The predicted octanol–water partition coefficient (Wildman–Crippen LogP) is 2.32. The second-order valence-electron chi connectivity index (χ2n) is 7.32. The zero-order chi connectivity index (χ0) is 19.9. The van der Waals surface area contributed by atoms with Crippen LogP contribution in [-0.4, -0.2) is 29.0 Å². The average Bonchev–Trinajstić information content (AvgIpc) is 3.15. The van der Waals surface area contributed by atoms with E-state index < -0.39 is 10.0 Å². The molecule has 1 saturated carbocycles. The van der Waals surface area contributed by atoms with Gasteiger partial charge in [0.2, 0.25) is 10.0 Å². The van der Waals surface area contributed by atoms with Gasteiger partial charge in [0.05, 0.1) is 0 Å². The molecule has 0 unspecified atom stereocenters. The van der Waals surface area contributed by atoms with Gasteiger partial charge in [0, 0.05) is 48.2 Å². The Morgan fingerprint density at radius 1 is 1.25 bits per heavy atom. The summed E-state index contributed by atoms with van der Waals surface area (Å²) in [5.74, 6) is 0.598. The van der Waals surface area contributed by atoms with Crippen molar-refractivity contribution in [1.82, 2.24) is 14.5 Å². The summed E-state index contributed by atoms with van der Waals surface area (Å²) in [5, 5.41) is 9.52. The molecule has 0 bridgehead atoms. The highest BCUT2D eigenvalue weighted by Gasteiger charge is 2.21. The third-order valence-electron chi connectivity index (χ3n) is 5.32. The number of sulfonamides is 1. The van der Waals surface area contributed by atoms with Crippen LogP contribution in [0.5, 0.6) is 0 Å². The Bertz CT molecular complexity index is 1190. The first-order valence-electron chi connectivity index (χ1n) is 9.31. The lowest BCUT2D eigenvalue weighted by molar-refractivity contribution is 0.462. The largest absolute Gasteiger partial charge is 0.367 e. The van der Waals surface area contributed by atoms with Crippen molar-refractivity contribution >= 4 is 26.7 Å². The molecule has 3 aromatic rings. The van der Waals surface area contributed by atoms with E-state index in [0.29, 0.717) is 22.3 Å². The molecule has 0 aliphatic heterocycles. The van der Waals surface area contributed by atoms with E-state index in [1.165, 1.54) is 23.3 Å². The van der Waals surface area contributed by atoms with Crippen molar-refractivity contribution in [3.63, 3.8) is 0 Å². The van der Waals surface area contributed by atoms with Crippen LogP contribution >= 0.6 is 0 Å². The first-order valence-corrected chi connectivity index (χ1v) is 10.9. The van der Waals surface area contributed by atoms with Crippen LogP contribution in [-0.2, 0) is 17.1 Å². The number of pyridine rings is 2. The van der Waals surface area contributed by atoms with E-state index in [0.717, 1.165) is 31.2 Å². The smallest absolute Gasteiger partial charge is 0.274 e. The van der Waals surface area contributed by atoms with Crippen molar-refractivity contribution in [2.24, 2.45) is 12.2 Å². The van der Waals surface area contributed by atoms with Gasteiger partial charge in [-0.15, -0.1) is 0 Å². The summed E-state index contributed by atoms with van der Waals surface area (Å²) < 4.78 is 25.3. The standard InChI is InChI=1S/C19H23N5O3S/c1-24-11-16(14-7-8-21-17(14)19(24)25)15-9-13(28(20,26)27)10-22-18(15)23-12-5-3-2-4-6-12/h7-12,21H,2-6H2,1H3,(H,22,23)(H2,20,26,27). The van der Waals surface area contributed by atoms with Gasteiger partial charge in [-0.05, 0) is 25.0 Å². The highest BCUT2D eigenvalue weighted by Crippen LogP contribution is 2.34. The maximum atomic E-state index is 12.4. The quantitative estimate of drug-likeness (QED) is 0.619. The molecule has 4 rings (SSSR count). The van der Waals surface area contributed by atoms with Gasteiger partial charge in [-0.3, -0.25) is 4.79 Å². The molecule has 148 valence electrons. The number of hydrogen-bond acceptors (Lipinski definition) is 5. The van der Waals surface area contributed by atoms with Gasteiger partial charge in [0.1, 0.15) is 16.2 Å². The van der Waals surface area contributed by atoms with Crippen LogP contribution < -0.4 is 16.0 Å². The summed E-state index contributed by atoms with van der Waals surface area (Å²) in [6.07, 6.45) is 10.3. The second-order valence-corrected chi connectivity index (χ2v) is 8.88. The molecule has 9 heteroatoms. The van der Waals surface area contributed by atoms with Gasteiger partial charge in [0.25, 0.3) is 5.56 Å². The normalized spacial score (nSPS) is 15.8. The van der Waals surface area contributed by atoms with Crippen molar-refractivity contribution in [2.45, 2.75) is 43.0 Å². The molecule has 4 N–H and O–H groups in total. The van der Waals surface area contributed by atoms with Gasteiger partial charge < -0.3 is 14.9 Å². The van der Waals surface area contributed by atoms with Gasteiger partial charge >= 0.3 is 0 Å². The fourth-order valence-electron chi connectivity index (χ4n) is 3.85. The van der Waals surface area contributed by atoms with Crippen LogP contribution in [0.1, 0.15) is 32.1 Å². The van der Waals surface area contributed by atoms with E-state index in [2.05, 4.69) is 15.3 Å². The fraction of sp³-hybridized carbons (Fsp3) is 0.368. The average molecular weight is 401 g/mol. The van der Waals surface area contributed by atoms with E-state index in [1.807, 2.05) is 0 Å². The number of primary sulfonamides is 1. The predicted molar refractivity (Wildman–Crippen MR) is 109 cm³/mol. The third kappa shape index (κ3) is 3.43. The molecule has 0 radical (unpaired) electrons. The van der Waals surface area contributed by atoms with E-state index in [1.54, 1.807) is 25.5 Å². The molecule has 1 aliphatic rings. The molecule has 1 aliphatic carbocycles. The van der Waals surface area contributed by atoms with Crippen LogP contribution in [0.3, 0.4) is 0 Å². The highest BCUT2D eigenvalue weighted by molar-refractivity contribution is 7.89. The molecule has 3 aromatic heterocycles. The number of nitrogens with zero attached hydrogens (tertiary/aromatic N) is 2. The lowest BCUT2D eigenvalue weighted by Gasteiger charge is -2.25. The van der Waals surface area contributed by atoms with Crippen molar-refractivity contribution in [1.29, 1.82) is 0 Å². The second kappa shape index (κ2) is 7.06. The molecule has 0 atom stereocenters. The minimum absolute atomic E-state index is 0.0609. The molecule has 0 amide bonds. The van der Waals surface area contributed by atoms with Crippen LogP contribution in [0.15, 0.2) is 40.4 Å². The van der Waals surface area contributed by atoms with Gasteiger partial charge in [0.15, 0.2) is 0 Å². The number of aryl methyl sites for hydroxylation is 1. The van der Waals surface area contributed by atoms with Crippen LogP contribution in [0.2, 0.25) is 0 Å². The number of aromatic nitrogens is 3. The van der Waals surface area contributed by atoms with Crippen molar-refractivity contribution in [2.75, 3.05) is 5.32 Å². The van der Waals surface area contributed by atoms with Gasteiger partial charge in [-0.2, -0.15) is 0 Å².